The summed E-state index contributed by atoms with van der Waals surface area (Å²) < 4.78 is 22.7. The first-order chi connectivity index (χ1) is 7.52. The third kappa shape index (κ3) is 3.70. The maximum Gasteiger partial charge on any atom is 0.309 e. The summed E-state index contributed by atoms with van der Waals surface area (Å²) in [5, 5.41) is -0.0113. The Balaban J connectivity index is 2.59. The molecular formula is C11H12ClFO3. The van der Waals surface area contributed by atoms with Gasteiger partial charge in [0.05, 0.1) is 18.6 Å². The van der Waals surface area contributed by atoms with E-state index in [1.165, 1.54) is 25.3 Å². The van der Waals surface area contributed by atoms with Crippen LogP contribution in [0.2, 0.25) is 5.02 Å². The molecule has 0 fully saturated rings. The van der Waals surface area contributed by atoms with Crippen molar-refractivity contribution in [2.24, 2.45) is 0 Å². The summed E-state index contributed by atoms with van der Waals surface area (Å²) in [6, 6.07) is 4.03. The van der Waals surface area contributed by atoms with Crippen molar-refractivity contribution in [2.45, 2.75) is 19.4 Å². The van der Waals surface area contributed by atoms with Crippen molar-refractivity contribution >= 4 is 17.6 Å². The monoisotopic (exact) mass is 246 g/mol. The smallest absolute Gasteiger partial charge is 0.309 e. The Bertz CT molecular complexity index is 381. The van der Waals surface area contributed by atoms with E-state index in [1.807, 2.05) is 0 Å². The SMILES string of the molecule is COC(=O)CC(C)Oc1ccc(F)c(Cl)c1. The predicted molar refractivity (Wildman–Crippen MR) is 58.1 cm³/mol. The molecule has 1 rings (SSSR count). The number of hydrogen-bond acceptors (Lipinski definition) is 3. The molecule has 0 heterocycles. The zero-order chi connectivity index (χ0) is 12.1. The van der Waals surface area contributed by atoms with Crippen molar-refractivity contribution in [1.29, 1.82) is 0 Å². The fourth-order valence-electron chi connectivity index (χ4n) is 1.14. The number of carbonyl (C=O) groups excluding carboxylic acids is 1. The molecule has 0 saturated carbocycles. The van der Waals surface area contributed by atoms with Crippen LogP contribution in [0.15, 0.2) is 18.2 Å². The standard InChI is InChI=1S/C11H12ClFO3/c1-7(5-11(14)15-2)16-8-3-4-10(13)9(12)6-8/h3-4,6-7H,5H2,1-2H3. The number of esters is 1. The molecule has 1 aromatic rings. The highest BCUT2D eigenvalue weighted by molar-refractivity contribution is 6.30. The number of benzene rings is 1. The van der Waals surface area contributed by atoms with Crippen molar-refractivity contribution < 1.29 is 18.7 Å². The fraction of sp³-hybridized carbons (Fsp3) is 0.364. The van der Waals surface area contributed by atoms with Crippen LogP contribution in [0.4, 0.5) is 4.39 Å². The van der Waals surface area contributed by atoms with Crippen LogP contribution < -0.4 is 4.74 Å². The molecule has 0 N–H and O–H groups in total. The largest absolute Gasteiger partial charge is 0.490 e. The number of methoxy groups -OCH3 is 1. The zero-order valence-electron chi connectivity index (χ0n) is 9.00. The molecular weight excluding hydrogens is 235 g/mol. The van der Waals surface area contributed by atoms with E-state index in [2.05, 4.69) is 4.74 Å². The summed E-state index contributed by atoms with van der Waals surface area (Å²) in [6.07, 6.45) is -0.222. The maximum absolute atomic E-state index is 12.8. The third-order valence-electron chi connectivity index (χ3n) is 1.91. The van der Waals surface area contributed by atoms with Crippen LogP contribution in [0.1, 0.15) is 13.3 Å². The van der Waals surface area contributed by atoms with E-state index in [0.29, 0.717) is 5.75 Å². The Hall–Kier alpha value is -1.29. The van der Waals surface area contributed by atoms with Gasteiger partial charge in [0.1, 0.15) is 17.7 Å². The van der Waals surface area contributed by atoms with Crippen LogP contribution in [0.3, 0.4) is 0 Å². The molecule has 0 amide bonds. The quantitative estimate of drug-likeness (QED) is 0.767. The third-order valence-corrected chi connectivity index (χ3v) is 2.20. The molecule has 16 heavy (non-hydrogen) atoms. The van der Waals surface area contributed by atoms with Gasteiger partial charge in [-0.2, -0.15) is 0 Å². The molecule has 0 spiro atoms. The number of rotatable bonds is 4. The lowest BCUT2D eigenvalue weighted by molar-refractivity contribution is -0.142. The van der Waals surface area contributed by atoms with Crippen molar-refractivity contribution in [1.82, 2.24) is 0 Å². The van der Waals surface area contributed by atoms with E-state index in [4.69, 9.17) is 16.3 Å². The van der Waals surface area contributed by atoms with E-state index in [9.17, 15) is 9.18 Å². The summed E-state index contributed by atoms with van der Waals surface area (Å²) >= 11 is 5.58. The molecule has 0 aliphatic heterocycles. The van der Waals surface area contributed by atoms with E-state index >= 15 is 0 Å². The molecule has 0 aliphatic rings. The van der Waals surface area contributed by atoms with Gasteiger partial charge in [0.25, 0.3) is 0 Å². The summed E-state index contributed by atoms with van der Waals surface area (Å²) in [5.74, 6) is -0.446. The highest BCUT2D eigenvalue weighted by atomic mass is 35.5. The maximum atomic E-state index is 12.8. The van der Waals surface area contributed by atoms with Gasteiger partial charge < -0.3 is 9.47 Å². The van der Waals surface area contributed by atoms with Crippen LogP contribution in [0.5, 0.6) is 5.75 Å². The number of hydrogen-bond donors (Lipinski definition) is 0. The first-order valence-corrected chi connectivity index (χ1v) is 5.09. The number of halogens is 2. The van der Waals surface area contributed by atoms with E-state index in [0.717, 1.165) is 0 Å². The second kappa shape index (κ2) is 5.70. The van der Waals surface area contributed by atoms with Gasteiger partial charge in [-0.15, -0.1) is 0 Å². The highest BCUT2D eigenvalue weighted by Gasteiger charge is 2.11. The molecule has 0 aromatic heterocycles. The Morgan fingerprint density at radius 1 is 1.56 bits per heavy atom. The lowest BCUT2D eigenvalue weighted by atomic mass is 10.3. The number of ether oxygens (including phenoxy) is 2. The minimum absolute atomic E-state index is 0.0113. The van der Waals surface area contributed by atoms with Crippen LogP contribution in [0.25, 0.3) is 0 Å². The average molecular weight is 247 g/mol. The van der Waals surface area contributed by atoms with Crippen molar-refractivity contribution in [3.63, 3.8) is 0 Å². The fourth-order valence-corrected chi connectivity index (χ4v) is 1.31. The lowest BCUT2D eigenvalue weighted by Gasteiger charge is -2.13. The lowest BCUT2D eigenvalue weighted by Crippen LogP contribution is -2.17. The molecule has 3 nitrogen and oxygen atoms in total. The van der Waals surface area contributed by atoms with E-state index < -0.39 is 5.82 Å². The molecule has 1 atom stereocenters. The van der Waals surface area contributed by atoms with Gasteiger partial charge in [0.2, 0.25) is 0 Å². The summed E-state index contributed by atoms with van der Waals surface area (Å²) in [5.41, 5.74) is 0. The van der Waals surface area contributed by atoms with Crippen molar-refractivity contribution in [3.05, 3.63) is 29.0 Å². The van der Waals surface area contributed by atoms with E-state index in [-0.39, 0.29) is 23.5 Å². The minimum Gasteiger partial charge on any atom is -0.490 e. The first kappa shape index (κ1) is 12.8. The highest BCUT2D eigenvalue weighted by Crippen LogP contribution is 2.22. The van der Waals surface area contributed by atoms with Gasteiger partial charge in [-0.3, -0.25) is 4.79 Å². The van der Waals surface area contributed by atoms with Crippen LogP contribution in [-0.2, 0) is 9.53 Å². The predicted octanol–water partition coefficient (Wildman–Crippen LogP) is 2.81. The van der Waals surface area contributed by atoms with Crippen LogP contribution in [-0.4, -0.2) is 19.2 Å². The summed E-state index contributed by atoms with van der Waals surface area (Å²) in [6.45, 7) is 1.72. The van der Waals surface area contributed by atoms with Crippen LogP contribution in [0, 0.1) is 5.82 Å². The van der Waals surface area contributed by atoms with Gasteiger partial charge in [0.15, 0.2) is 0 Å². The van der Waals surface area contributed by atoms with Crippen molar-refractivity contribution in [3.8, 4) is 5.75 Å². The minimum atomic E-state index is -0.505. The molecule has 0 saturated heterocycles. The Kier molecular flexibility index (Phi) is 4.55. The van der Waals surface area contributed by atoms with Gasteiger partial charge in [-0.25, -0.2) is 4.39 Å². The Morgan fingerprint density at radius 3 is 2.81 bits per heavy atom. The van der Waals surface area contributed by atoms with Gasteiger partial charge in [-0.1, -0.05) is 11.6 Å². The molecule has 1 aromatic carbocycles. The van der Waals surface area contributed by atoms with E-state index in [1.54, 1.807) is 6.92 Å². The number of carbonyl (C=O) groups is 1. The van der Waals surface area contributed by atoms with Gasteiger partial charge >= 0.3 is 5.97 Å². The average Bonchev–Trinajstić information content (AvgIpc) is 2.23. The molecule has 88 valence electrons. The summed E-state index contributed by atoms with van der Waals surface area (Å²) in [4.78, 5) is 10.9. The summed E-state index contributed by atoms with van der Waals surface area (Å²) in [7, 11) is 1.31. The molecule has 0 radical (unpaired) electrons. The molecule has 0 aliphatic carbocycles. The first-order valence-electron chi connectivity index (χ1n) is 4.71. The Morgan fingerprint density at radius 2 is 2.25 bits per heavy atom. The topological polar surface area (TPSA) is 35.5 Å². The van der Waals surface area contributed by atoms with Crippen molar-refractivity contribution in [2.75, 3.05) is 7.11 Å². The normalized spacial score (nSPS) is 12.0. The second-order valence-electron chi connectivity index (χ2n) is 3.28. The molecule has 1 unspecified atom stereocenters. The van der Waals surface area contributed by atoms with Crippen LogP contribution >= 0.6 is 11.6 Å². The Labute approximate surface area is 98.1 Å². The second-order valence-corrected chi connectivity index (χ2v) is 3.69. The molecule has 5 heteroatoms. The van der Waals surface area contributed by atoms with Gasteiger partial charge in [-0.05, 0) is 19.1 Å². The zero-order valence-corrected chi connectivity index (χ0v) is 9.75. The molecule has 0 bridgehead atoms. The van der Waals surface area contributed by atoms with Gasteiger partial charge in [0, 0.05) is 6.07 Å².